The molecule has 11 heavy (non-hydrogen) atoms. The highest BCUT2D eigenvalue weighted by Crippen LogP contribution is 1.97. The molecule has 0 aromatic carbocycles. The monoisotopic (exact) mass is 176 g/mol. The van der Waals surface area contributed by atoms with Crippen molar-refractivity contribution in [3.63, 3.8) is 0 Å². The molecule has 0 bridgehead atoms. The third kappa shape index (κ3) is 4.30. The summed E-state index contributed by atoms with van der Waals surface area (Å²) in [6.45, 7) is 4.30. The molecule has 0 aromatic rings. The summed E-state index contributed by atoms with van der Waals surface area (Å²) in [6, 6.07) is 0. The van der Waals surface area contributed by atoms with E-state index in [-0.39, 0.29) is 5.91 Å². The lowest BCUT2D eigenvalue weighted by molar-refractivity contribution is -0.125. The molecule has 0 spiro atoms. The summed E-state index contributed by atoms with van der Waals surface area (Å²) in [7, 11) is 3.95. The molecule has 0 aliphatic carbocycles. The molecule has 0 radical (unpaired) electrons. The maximum Gasteiger partial charge on any atom is 0.271 e. The molecule has 0 fully saturated rings. The van der Waals surface area contributed by atoms with Crippen LogP contribution in [0.1, 0.15) is 13.8 Å². The van der Waals surface area contributed by atoms with Crippen LogP contribution in [0.15, 0.2) is 0 Å². The Morgan fingerprint density at radius 3 is 2.00 bits per heavy atom. The van der Waals surface area contributed by atoms with Crippen molar-refractivity contribution in [1.29, 1.82) is 0 Å². The molecule has 66 valence electrons. The average Bonchev–Trinajstić information content (AvgIpc) is 1.99. The number of carbonyl (C=O) groups is 1. The molecule has 3 heteroatoms. The summed E-state index contributed by atoms with van der Waals surface area (Å²) in [4.78, 5) is 12.9. The SMILES string of the molecule is CC[S+](CC)CC(=O)N(C)C. The molecule has 1 amide bonds. The van der Waals surface area contributed by atoms with Crippen molar-refractivity contribution in [2.24, 2.45) is 0 Å². The Morgan fingerprint density at radius 1 is 1.27 bits per heavy atom. The number of hydrogen-bond donors (Lipinski definition) is 0. The van der Waals surface area contributed by atoms with Gasteiger partial charge in [-0.1, -0.05) is 0 Å². The molecule has 0 N–H and O–H groups in total. The summed E-state index contributed by atoms with van der Waals surface area (Å²) in [5.74, 6) is 3.27. The van der Waals surface area contributed by atoms with Gasteiger partial charge in [-0.2, -0.15) is 0 Å². The number of nitrogens with zero attached hydrogens (tertiary/aromatic N) is 1. The predicted molar refractivity (Wildman–Crippen MR) is 52.0 cm³/mol. The van der Waals surface area contributed by atoms with Crippen LogP contribution in [0.3, 0.4) is 0 Å². The molecule has 0 saturated carbocycles. The number of rotatable bonds is 4. The van der Waals surface area contributed by atoms with Crippen LogP contribution in [0.4, 0.5) is 0 Å². The first-order valence-electron chi connectivity index (χ1n) is 3.96. The van der Waals surface area contributed by atoms with Crippen molar-refractivity contribution in [2.45, 2.75) is 13.8 Å². The fourth-order valence-electron chi connectivity index (χ4n) is 0.712. The van der Waals surface area contributed by atoms with E-state index in [0.717, 1.165) is 17.3 Å². The predicted octanol–water partition coefficient (Wildman–Crippen LogP) is 0.733. The van der Waals surface area contributed by atoms with Crippen LogP contribution in [0, 0.1) is 0 Å². The maximum absolute atomic E-state index is 11.2. The maximum atomic E-state index is 11.2. The summed E-state index contributed by atoms with van der Waals surface area (Å²) >= 11 is 0. The van der Waals surface area contributed by atoms with Gasteiger partial charge in [0.25, 0.3) is 5.91 Å². The van der Waals surface area contributed by atoms with E-state index in [1.165, 1.54) is 0 Å². The van der Waals surface area contributed by atoms with Crippen LogP contribution >= 0.6 is 0 Å². The zero-order valence-electron chi connectivity index (χ0n) is 7.89. The molecule has 0 rings (SSSR count). The molecule has 0 heterocycles. The topological polar surface area (TPSA) is 20.3 Å². The lowest BCUT2D eigenvalue weighted by Crippen LogP contribution is -2.30. The molecule has 0 aliphatic rings. The van der Waals surface area contributed by atoms with E-state index >= 15 is 0 Å². The summed E-state index contributed by atoms with van der Waals surface area (Å²) in [5.41, 5.74) is 0. The van der Waals surface area contributed by atoms with Gasteiger partial charge in [0.15, 0.2) is 5.75 Å². The lowest BCUT2D eigenvalue weighted by Gasteiger charge is -2.09. The Bertz CT molecular complexity index is 121. The largest absolute Gasteiger partial charge is 0.345 e. The summed E-state index contributed by atoms with van der Waals surface area (Å²) < 4.78 is 0. The Hall–Kier alpha value is -0.180. The van der Waals surface area contributed by atoms with E-state index in [1.807, 2.05) is 14.1 Å². The fraction of sp³-hybridized carbons (Fsp3) is 0.875. The first kappa shape index (κ1) is 10.8. The zero-order chi connectivity index (χ0) is 8.85. The number of amides is 1. The fourth-order valence-corrected chi connectivity index (χ4v) is 2.14. The molecule has 0 unspecified atom stereocenters. The van der Waals surface area contributed by atoms with Gasteiger partial charge in [-0.25, -0.2) is 0 Å². The molecule has 0 aromatic heterocycles. The molecular weight excluding hydrogens is 158 g/mol. The highest BCUT2D eigenvalue weighted by molar-refractivity contribution is 7.97. The third-order valence-electron chi connectivity index (χ3n) is 1.64. The second kappa shape index (κ2) is 5.47. The second-order valence-electron chi connectivity index (χ2n) is 2.62. The molecule has 0 saturated heterocycles. The minimum atomic E-state index is 0.261. The van der Waals surface area contributed by atoms with Gasteiger partial charge >= 0.3 is 0 Å². The smallest absolute Gasteiger partial charge is 0.271 e. The van der Waals surface area contributed by atoms with E-state index in [0.29, 0.717) is 10.9 Å². The van der Waals surface area contributed by atoms with Gasteiger partial charge in [-0.3, -0.25) is 4.79 Å². The zero-order valence-corrected chi connectivity index (χ0v) is 8.70. The molecule has 0 aliphatic heterocycles. The van der Waals surface area contributed by atoms with Crippen LogP contribution in [0.5, 0.6) is 0 Å². The highest BCUT2D eigenvalue weighted by atomic mass is 32.2. The standard InChI is InChI=1S/C8H18NOS/c1-5-11(6-2)7-8(10)9(3)4/h5-7H2,1-4H3/q+1. The van der Waals surface area contributed by atoms with Gasteiger partial charge in [-0.05, 0) is 24.7 Å². The summed E-state index contributed by atoms with van der Waals surface area (Å²) in [6.07, 6.45) is 0. The van der Waals surface area contributed by atoms with E-state index < -0.39 is 0 Å². The minimum absolute atomic E-state index is 0.261. The van der Waals surface area contributed by atoms with Crippen molar-refractivity contribution in [1.82, 2.24) is 4.90 Å². The first-order valence-corrected chi connectivity index (χ1v) is 5.69. The van der Waals surface area contributed by atoms with Crippen LogP contribution in [0.25, 0.3) is 0 Å². The van der Waals surface area contributed by atoms with Crippen molar-refractivity contribution in [3.8, 4) is 0 Å². The highest BCUT2D eigenvalue weighted by Gasteiger charge is 2.18. The Morgan fingerprint density at radius 2 is 1.73 bits per heavy atom. The van der Waals surface area contributed by atoms with Gasteiger partial charge in [0.1, 0.15) is 11.5 Å². The molecular formula is C8H18NOS+. The lowest BCUT2D eigenvalue weighted by atomic mass is 10.6. The van der Waals surface area contributed by atoms with Crippen LogP contribution < -0.4 is 0 Å². The van der Waals surface area contributed by atoms with E-state index in [2.05, 4.69) is 13.8 Å². The van der Waals surface area contributed by atoms with Gasteiger partial charge < -0.3 is 4.90 Å². The Labute approximate surface area is 72.3 Å². The van der Waals surface area contributed by atoms with Crippen LogP contribution in [-0.4, -0.2) is 42.2 Å². The van der Waals surface area contributed by atoms with Gasteiger partial charge in [0.2, 0.25) is 0 Å². The van der Waals surface area contributed by atoms with E-state index in [4.69, 9.17) is 0 Å². The first-order chi connectivity index (χ1) is 5.11. The van der Waals surface area contributed by atoms with E-state index in [9.17, 15) is 4.79 Å². The van der Waals surface area contributed by atoms with Crippen LogP contribution in [-0.2, 0) is 15.7 Å². The van der Waals surface area contributed by atoms with Crippen molar-refractivity contribution in [3.05, 3.63) is 0 Å². The normalized spacial score (nSPS) is 10.3. The Kier molecular flexibility index (Phi) is 5.38. The van der Waals surface area contributed by atoms with Crippen molar-refractivity contribution in [2.75, 3.05) is 31.4 Å². The summed E-state index contributed by atoms with van der Waals surface area (Å²) in [5, 5.41) is 0. The van der Waals surface area contributed by atoms with Crippen molar-refractivity contribution < 1.29 is 4.79 Å². The minimum Gasteiger partial charge on any atom is -0.345 e. The van der Waals surface area contributed by atoms with Crippen molar-refractivity contribution >= 4 is 16.8 Å². The third-order valence-corrected chi connectivity index (χ3v) is 3.93. The van der Waals surface area contributed by atoms with E-state index in [1.54, 1.807) is 4.90 Å². The van der Waals surface area contributed by atoms with Gasteiger partial charge in [0.05, 0.1) is 0 Å². The average molecular weight is 176 g/mol. The molecule has 0 atom stereocenters. The van der Waals surface area contributed by atoms with Gasteiger partial charge in [-0.15, -0.1) is 0 Å². The second-order valence-corrected chi connectivity index (χ2v) is 5.29. The van der Waals surface area contributed by atoms with Crippen LogP contribution in [0.2, 0.25) is 0 Å². The quantitative estimate of drug-likeness (QED) is 0.578. The Balaban J connectivity index is 3.72. The van der Waals surface area contributed by atoms with Gasteiger partial charge in [0, 0.05) is 14.1 Å². The number of hydrogen-bond acceptors (Lipinski definition) is 1. The molecule has 2 nitrogen and oxygen atoms in total. The number of carbonyl (C=O) groups excluding carboxylic acids is 1.